The van der Waals surface area contributed by atoms with Crippen LogP contribution in [-0.2, 0) is 16.0 Å². The minimum Gasteiger partial charge on any atom is -0.491 e. The smallest absolute Gasteiger partial charge is 0.242 e. The Morgan fingerprint density at radius 3 is 2.84 bits per heavy atom. The molecule has 0 N–H and O–H groups in total. The molecule has 5 nitrogen and oxygen atoms in total. The second kappa shape index (κ2) is 10.8. The Hall–Kier alpha value is -2.41. The number of carbonyl (C=O) groups is 2. The minimum absolute atomic E-state index is 0.00515. The molecule has 0 aliphatic carbocycles. The van der Waals surface area contributed by atoms with Crippen LogP contribution in [0.5, 0.6) is 5.75 Å². The highest BCUT2D eigenvalue weighted by molar-refractivity contribution is 7.10. The van der Waals surface area contributed by atoms with Crippen LogP contribution in [-0.4, -0.2) is 47.9 Å². The molecule has 0 bridgehead atoms. The van der Waals surface area contributed by atoms with Gasteiger partial charge in [0.05, 0.1) is 12.6 Å². The van der Waals surface area contributed by atoms with E-state index in [1.54, 1.807) is 28.4 Å². The third-order valence-electron chi connectivity index (χ3n) is 5.83. The van der Waals surface area contributed by atoms with E-state index in [4.69, 9.17) is 4.74 Å². The largest absolute Gasteiger partial charge is 0.491 e. The highest BCUT2D eigenvalue weighted by atomic mass is 32.1. The van der Waals surface area contributed by atoms with Gasteiger partial charge in [0.2, 0.25) is 11.8 Å². The summed E-state index contributed by atoms with van der Waals surface area (Å²) in [5.41, 5.74) is 1.08. The summed E-state index contributed by atoms with van der Waals surface area (Å²) in [5, 5.41) is 2.03. The van der Waals surface area contributed by atoms with Gasteiger partial charge in [0, 0.05) is 30.5 Å². The summed E-state index contributed by atoms with van der Waals surface area (Å²) in [7, 11) is 0. The number of halogens is 1. The van der Waals surface area contributed by atoms with E-state index >= 15 is 0 Å². The molecule has 1 aliphatic rings. The van der Waals surface area contributed by atoms with E-state index in [-0.39, 0.29) is 36.8 Å². The lowest BCUT2D eigenvalue weighted by molar-refractivity contribution is -0.143. The lowest BCUT2D eigenvalue weighted by Crippen LogP contribution is -2.48. The molecule has 2 amide bonds. The lowest BCUT2D eigenvalue weighted by atomic mass is 10.00. The first-order valence-corrected chi connectivity index (χ1v) is 11.8. The molecule has 1 aromatic heterocycles. The number of hydrogen-bond donors (Lipinski definition) is 0. The Morgan fingerprint density at radius 1 is 1.32 bits per heavy atom. The first-order chi connectivity index (χ1) is 14.9. The van der Waals surface area contributed by atoms with E-state index in [1.165, 1.54) is 17.0 Å². The summed E-state index contributed by atoms with van der Waals surface area (Å²) in [6, 6.07) is 7.81. The Bertz CT molecular complexity index is 900. The summed E-state index contributed by atoms with van der Waals surface area (Å²) in [6.07, 6.45) is 2.13. The highest BCUT2D eigenvalue weighted by Gasteiger charge is 2.33. The van der Waals surface area contributed by atoms with Gasteiger partial charge in [0.15, 0.2) is 0 Å². The molecule has 1 aromatic carbocycles. The molecule has 0 saturated carbocycles. The maximum atomic E-state index is 13.5. The molecule has 0 unspecified atom stereocenters. The van der Waals surface area contributed by atoms with Gasteiger partial charge < -0.3 is 14.5 Å². The van der Waals surface area contributed by atoms with Crippen LogP contribution in [0.1, 0.15) is 50.1 Å². The van der Waals surface area contributed by atoms with Crippen LogP contribution in [0.4, 0.5) is 4.39 Å². The number of nitrogens with zero attached hydrogens (tertiary/aromatic N) is 2. The van der Waals surface area contributed by atoms with E-state index in [2.05, 4.69) is 13.8 Å². The fraction of sp³-hybridized carbons (Fsp3) is 0.500. The van der Waals surface area contributed by atoms with E-state index in [9.17, 15) is 14.0 Å². The first-order valence-electron chi connectivity index (χ1n) is 10.9. The molecule has 168 valence electrons. The molecule has 0 spiro atoms. The molecular weight excluding hydrogens is 415 g/mol. The maximum absolute atomic E-state index is 13.5. The van der Waals surface area contributed by atoms with Crippen LogP contribution < -0.4 is 4.74 Å². The van der Waals surface area contributed by atoms with Crippen molar-refractivity contribution in [2.45, 2.75) is 46.1 Å². The van der Waals surface area contributed by atoms with Crippen molar-refractivity contribution >= 4 is 23.2 Å². The third-order valence-corrected chi connectivity index (χ3v) is 6.83. The zero-order valence-electron chi connectivity index (χ0n) is 18.5. The summed E-state index contributed by atoms with van der Waals surface area (Å²) < 4.78 is 19.4. The van der Waals surface area contributed by atoms with Crippen molar-refractivity contribution in [1.29, 1.82) is 0 Å². The topological polar surface area (TPSA) is 49.9 Å². The van der Waals surface area contributed by atoms with Gasteiger partial charge in [-0.3, -0.25) is 9.59 Å². The zero-order chi connectivity index (χ0) is 22.4. The predicted molar refractivity (Wildman–Crippen MR) is 121 cm³/mol. The van der Waals surface area contributed by atoms with Crippen LogP contribution in [0.2, 0.25) is 0 Å². The Kier molecular flexibility index (Phi) is 8.07. The number of fused-ring (bicyclic) bond motifs is 1. The standard InChI is InChI=1S/C24H31FN2O3S/c1-4-17(3)14-26(23(28)5-2)15-24(29)27-11-9-22-20(10-12-31-22)21(27)16-30-19-8-6-7-18(25)13-19/h6-8,10,12-13,17,21H,4-5,9,11,14-16H2,1-3H3/t17-,21-/m1/s1. The first kappa shape index (κ1) is 23.3. The number of rotatable bonds is 9. The van der Waals surface area contributed by atoms with Crippen LogP contribution in [0.25, 0.3) is 0 Å². The molecule has 2 heterocycles. The van der Waals surface area contributed by atoms with Gasteiger partial charge in [-0.2, -0.15) is 0 Å². The van der Waals surface area contributed by atoms with E-state index in [1.807, 2.05) is 23.3 Å². The van der Waals surface area contributed by atoms with E-state index in [0.717, 1.165) is 18.4 Å². The third kappa shape index (κ3) is 5.85. The molecule has 2 atom stereocenters. The van der Waals surface area contributed by atoms with Gasteiger partial charge in [-0.15, -0.1) is 11.3 Å². The van der Waals surface area contributed by atoms with Crippen LogP contribution in [0.3, 0.4) is 0 Å². The van der Waals surface area contributed by atoms with Crippen LogP contribution in [0, 0.1) is 11.7 Å². The average molecular weight is 447 g/mol. The number of ether oxygens (including phenoxy) is 1. The fourth-order valence-electron chi connectivity index (χ4n) is 3.84. The molecule has 2 aromatic rings. The average Bonchev–Trinajstić information content (AvgIpc) is 3.25. The van der Waals surface area contributed by atoms with Gasteiger partial charge >= 0.3 is 0 Å². The number of benzene rings is 1. The zero-order valence-corrected chi connectivity index (χ0v) is 19.3. The van der Waals surface area contributed by atoms with Crippen molar-refractivity contribution in [2.75, 3.05) is 26.2 Å². The van der Waals surface area contributed by atoms with Crippen molar-refractivity contribution in [1.82, 2.24) is 9.80 Å². The second-order valence-corrected chi connectivity index (χ2v) is 9.06. The minimum atomic E-state index is -0.357. The number of carbonyl (C=O) groups excluding carboxylic acids is 2. The van der Waals surface area contributed by atoms with Crippen molar-refractivity contribution in [3.8, 4) is 5.75 Å². The van der Waals surface area contributed by atoms with Crippen molar-refractivity contribution in [3.63, 3.8) is 0 Å². The highest BCUT2D eigenvalue weighted by Crippen LogP contribution is 2.34. The second-order valence-electron chi connectivity index (χ2n) is 8.06. The van der Waals surface area contributed by atoms with Gasteiger partial charge in [-0.05, 0) is 41.5 Å². The summed E-state index contributed by atoms with van der Waals surface area (Å²) >= 11 is 1.68. The van der Waals surface area contributed by atoms with Crippen molar-refractivity contribution in [2.24, 2.45) is 5.92 Å². The maximum Gasteiger partial charge on any atom is 0.242 e. The van der Waals surface area contributed by atoms with Gasteiger partial charge in [-0.1, -0.05) is 33.3 Å². The summed E-state index contributed by atoms with van der Waals surface area (Å²) in [4.78, 5) is 30.5. The Labute approximate surface area is 187 Å². The van der Waals surface area contributed by atoms with E-state index in [0.29, 0.717) is 31.2 Å². The van der Waals surface area contributed by atoms with Crippen LogP contribution >= 0.6 is 11.3 Å². The van der Waals surface area contributed by atoms with Gasteiger partial charge in [-0.25, -0.2) is 4.39 Å². The molecular formula is C24H31FN2O3S. The van der Waals surface area contributed by atoms with E-state index < -0.39 is 0 Å². The normalized spacial score (nSPS) is 16.5. The fourth-order valence-corrected chi connectivity index (χ4v) is 4.77. The lowest BCUT2D eigenvalue weighted by Gasteiger charge is -2.37. The molecule has 31 heavy (non-hydrogen) atoms. The summed E-state index contributed by atoms with van der Waals surface area (Å²) in [6.45, 7) is 7.49. The number of amides is 2. The van der Waals surface area contributed by atoms with Gasteiger partial charge in [0.1, 0.15) is 18.2 Å². The molecule has 7 heteroatoms. The molecule has 0 saturated heterocycles. The Morgan fingerprint density at radius 2 is 2.13 bits per heavy atom. The molecule has 3 rings (SSSR count). The monoisotopic (exact) mass is 446 g/mol. The molecule has 0 fully saturated rings. The SMILES string of the molecule is CCC(=O)N(CC(=O)N1CCc2sccc2[C@H]1COc1cccc(F)c1)C[C@H](C)CC. The molecule has 1 aliphatic heterocycles. The quantitative estimate of drug-likeness (QED) is 0.562. The summed E-state index contributed by atoms with van der Waals surface area (Å²) in [5.74, 6) is 0.336. The number of thiophene rings is 1. The van der Waals surface area contributed by atoms with Crippen molar-refractivity contribution in [3.05, 3.63) is 52.0 Å². The predicted octanol–water partition coefficient (Wildman–Crippen LogP) is 4.68. The molecule has 0 radical (unpaired) electrons. The Balaban J connectivity index is 1.76. The number of hydrogen-bond acceptors (Lipinski definition) is 4. The van der Waals surface area contributed by atoms with Crippen LogP contribution in [0.15, 0.2) is 35.7 Å². The van der Waals surface area contributed by atoms with Crippen molar-refractivity contribution < 1.29 is 18.7 Å². The van der Waals surface area contributed by atoms with Gasteiger partial charge in [0.25, 0.3) is 0 Å².